The molecular formula is C19H22N6O2. The van der Waals surface area contributed by atoms with E-state index >= 15 is 0 Å². The molecule has 1 amide bonds. The number of fused-ring (bicyclic) bond motifs is 1. The average Bonchev–Trinajstić information content (AvgIpc) is 3.04. The van der Waals surface area contributed by atoms with Crippen molar-refractivity contribution in [1.82, 2.24) is 24.8 Å². The normalized spacial score (nSPS) is 14.5. The van der Waals surface area contributed by atoms with Crippen molar-refractivity contribution in [2.75, 3.05) is 31.2 Å². The first-order chi connectivity index (χ1) is 13.1. The quantitative estimate of drug-likeness (QED) is 0.752. The predicted octanol–water partition coefficient (Wildman–Crippen LogP) is 1.44. The summed E-state index contributed by atoms with van der Waals surface area (Å²) < 4.78 is 7.47. The Morgan fingerprint density at radius 3 is 2.78 bits per heavy atom. The van der Waals surface area contributed by atoms with Gasteiger partial charge in [-0.25, -0.2) is 4.98 Å². The number of rotatable bonds is 4. The minimum Gasteiger partial charge on any atom is -0.378 e. The molecular weight excluding hydrogens is 344 g/mol. The first kappa shape index (κ1) is 17.4. The summed E-state index contributed by atoms with van der Waals surface area (Å²) in [6, 6.07) is 5.59. The molecule has 3 heterocycles. The predicted molar refractivity (Wildman–Crippen MR) is 102 cm³/mol. The molecule has 1 N–H and O–H groups in total. The van der Waals surface area contributed by atoms with E-state index in [1.807, 2.05) is 32.2 Å². The second kappa shape index (κ2) is 7.32. The number of carbonyl (C=O) groups is 1. The fourth-order valence-electron chi connectivity index (χ4n) is 3.16. The summed E-state index contributed by atoms with van der Waals surface area (Å²) in [6.45, 7) is 5.27. The van der Waals surface area contributed by atoms with Crippen molar-refractivity contribution < 1.29 is 9.53 Å². The summed E-state index contributed by atoms with van der Waals surface area (Å²) >= 11 is 0. The van der Waals surface area contributed by atoms with Crippen LogP contribution in [0.15, 0.2) is 30.6 Å². The van der Waals surface area contributed by atoms with Crippen molar-refractivity contribution in [3.8, 4) is 0 Å². The van der Waals surface area contributed by atoms with Crippen molar-refractivity contribution in [3.63, 3.8) is 0 Å². The molecule has 0 spiro atoms. The Morgan fingerprint density at radius 1 is 1.22 bits per heavy atom. The molecule has 4 rings (SSSR count). The van der Waals surface area contributed by atoms with E-state index in [-0.39, 0.29) is 5.91 Å². The number of benzene rings is 1. The van der Waals surface area contributed by atoms with Gasteiger partial charge in [0.2, 0.25) is 5.95 Å². The number of nitrogens with zero attached hydrogens (tertiary/aromatic N) is 5. The molecule has 0 radical (unpaired) electrons. The number of ether oxygens (including phenoxy) is 1. The maximum atomic E-state index is 12.5. The first-order valence-corrected chi connectivity index (χ1v) is 8.97. The Balaban J connectivity index is 1.52. The van der Waals surface area contributed by atoms with Crippen LogP contribution in [-0.4, -0.2) is 51.7 Å². The van der Waals surface area contributed by atoms with Gasteiger partial charge >= 0.3 is 0 Å². The summed E-state index contributed by atoms with van der Waals surface area (Å²) in [5.41, 5.74) is 3.96. The van der Waals surface area contributed by atoms with Crippen molar-refractivity contribution in [3.05, 3.63) is 47.5 Å². The van der Waals surface area contributed by atoms with E-state index in [2.05, 4.69) is 24.8 Å². The number of anilines is 1. The maximum absolute atomic E-state index is 12.5. The maximum Gasteiger partial charge on any atom is 0.251 e. The lowest BCUT2D eigenvalue weighted by Crippen LogP contribution is -2.37. The Kier molecular flexibility index (Phi) is 4.72. The van der Waals surface area contributed by atoms with Crippen molar-refractivity contribution >= 4 is 22.9 Å². The Bertz CT molecular complexity index is 960. The molecule has 3 aromatic rings. The second-order valence-electron chi connectivity index (χ2n) is 6.61. The molecule has 1 saturated heterocycles. The minimum atomic E-state index is -0.155. The number of morpholine rings is 1. The zero-order valence-corrected chi connectivity index (χ0v) is 15.5. The van der Waals surface area contributed by atoms with E-state index in [0.29, 0.717) is 25.3 Å². The third-order valence-corrected chi connectivity index (χ3v) is 4.68. The van der Waals surface area contributed by atoms with Crippen LogP contribution >= 0.6 is 0 Å². The molecule has 8 heteroatoms. The Hall–Kier alpha value is -3.00. The van der Waals surface area contributed by atoms with E-state index in [0.717, 1.165) is 41.5 Å². The highest BCUT2D eigenvalue weighted by Gasteiger charge is 2.18. The third-order valence-electron chi connectivity index (χ3n) is 4.68. The second-order valence-corrected chi connectivity index (χ2v) is 6.61. The highest BCUT2D eigenvalue weighted by Crippen LogP contribution is 2.23. The van der Waals surface area contributed by atoms with Crippen LogP contribution in [-0.2, 0) is 18.3 Å². The number of aromatic nitrogens is 4. The molecule has 2 aromatic heterocycles. The summed E-state index contributed by atoms with van der Waals surface area (Å²) in [7, 11) is 2.00. The highest BCUT2D eigenvalue weighted by atomic mass is 16.5. The molecule has 0 atom stereocenters. The van der Waals surface area contributed by atoms with Crippen LogP contribution in [0.5, 0.6) is 0 Å². The van der Waals surface area contributed by atoms with Gasteiger partial charge in [-0.1, -0.05) is 0 Å². The van der Waals surface area contributed by atoms with E-state index in [4.69, 9.17) is 9.72 Å². The molecule has 0 unspecified atom stereocenters. The molecule has 27 heavy (non-hydrogen) atoms. The molecule has 0 bridgehead atoms. The number of aryl methyl sites for hydroxylation is 2. The Morgan fingerprint density at radius 2 is 2.04 bits per heavy atom. The summed E-state index contributed by atoms with van der Waals surface area (Å²) in [6.07, 6.45) is 3.36. The van der Waals surface area contributed by atoms with E-state index in [9.17, 15) is 4.79 Å². The number of amides is 1. The largest absolute Gasteiger partial charge is 0.378 e. The van der Waals surface area contributed by atoms with Gasteiger partial charge in [-0.05, 0) is 25.1 Å². The van der Waals surface area contributed by atoms with Crippen LogP contribution in [0.2, 0.25) is 0 Å². The van der Waals surface area contributed by atoms with Gasteiger partial charge in [0.15, 0.2) is 0 Å². The lowest BCUT2D eigenvalue weighted by atomic mass is 10.2. The van der Waals surface area contributed by atoms with Gasteiger partial charge in [0.1, 0.15) is 0 Å². The van der Waals surface area contributed by atoms with Crippen LogP contribution < -0.4 is 10.2 Å². The highest BCUT2D eigenvalue weighted by molar-refractivity contribution is 5.97. The summed E-state index contributed by atoms with van der Waals surface area (Å²) in [5.74, 6) is 0.749. The molecule has 1 fully saturated rings. The van der Waals surface area contributed by atoms with Crippen LogP contribution in [0.1, 0.15) is 21.7 Å². The lowest BCUT2D eigenvalue weighted by Gasteiger charge is -2.27. The zero-order valence-electron chi connectivity index (χ0n) is 15.5. The molecule has 0 aliphatic carbocycles. The van der Waals surface area contributed by atoms with Gasteiger partial charge in [-0.2, -0.15) is 0 Å². The van der Waals surface area contributed by atoms with Gasteiger partial charge in [0.25, 0.3) is 5.91 Å². The molecule has 1 aliphatic heterocycles. The first-order valence-electron chi connectivity index (χ1n) is 8.97. The van der Waals surface area contributed by atoms with Gasteiger partial charge in [0, 0.05) is 31.9 Å². The third kappa shape index (κ3) is 3.61. The minimum absolute atomic E-state index is 0.155. The van der Waals surface area contributed by atoms with Crippen LogP contribution in [0.25, 0.3) is 11.0 Å². The number of hydrogen-bond donors (Lipinski definition) is 1. The van der Waals surface area contributed by atoms with Crippen molar-refractivity contribution in [2.45, 2.75) is 13.5 Å². The monoisotopic (exact) mass is 366 g/mol. The fourth-order valence-corrected chi connectivity index (χ4v) is 3.16. The standard InChI is InChI=1S/C19H22N6O2/c1-13-10-21-15(11-20-13)12-22-18(26)14-3-4-17-16(9-14)23-19(24(17)2)25-5-7-27-8-6-25/h3-4,9-11H,5-8,12H2,1-2H3,(H,22,26). The van der Waals surface area contributed by atoms with Crippen molar-refractivity contribution in [2.24, 2.45) is 7.05 Å². The summed E-state index contributed by atoms with van der Waals surface area (Å²) in [5, 5.41) is 2.88. The fraction of sp³-hybridized carbons (Fsp3) is 0.368. The average molecular weight is 366 g/mol. The van der Waals surface area contributed by atoms with Gasteiger partial charge in [-0.15, -0.1) is 0 Å². The van der Waals surface area contributed by atoms with Gasteiger partial charge in [-0.3, -0.25) is 14.8 Å². The van der Waals surface area contributed by atoms with E-state index < -0.39 is 0 Å². The Labute approximate surface area is 157 Å². The number of hydrogen-bond acceptors (Lipinski definition) is 6. The molecule has 1 aromatic carbocycles. The molecule has 140 valence electrons. The summed E-state index contributed by atoms with van der Waals surface area (Å²) in [4.78, 5) is 27.9. The smallest absolute Gasteiger partial charge is 0.251 e. The lowest BCUT2D eigenvalue weighted by molar-refractivity contribution is 0.0950. The van der Waals surface area contributed by atoms with Gasteiger partial charge < -0.3 is 19.5 Å². The number of carbonyl (C=O) groups excluding carboxylic acids is 1. The zero-order chi connectivity index (χ0) is 18.8. The molecule has 0 saturated carbocycles. The van der Waals surface area contributed by atoms with Crippen LogP contribution in [0.3, 0.4) is 0 Å². The van der Waals surface area contributed by atoms with Crippen LogP contribution in [0, 0.1) is 6.92 Å². The molecule has 8 nitrogen and oxygen atoms in total. The van der Waals surface area contributed by atoms with E-state index in [1.54, 1.807) is 12.4 Å². The van der Waals surface area contributed by atoms with E-state index in [1.165, 1.54) is 0 Å². The molecule has 1 aliphatic rings. The van der Waals surface area contributed by atoms with Gasteiger partial charge in [0.05, 0.1) is 48.4 Å². The SMILES string of the molecule is Cc1cnc(CNC(=O)c2ccc3c(c2)nc(N2CCOCC2)n3C)cn1. The number of nitrogens with one attached hydrogen (secondary N) is 1. The number of imidazole rings is 1. The topological polar surface area (TPSA) is 85.2 Å². The van der Waals surface area contributed by atoms with Crippen molar-refractivity contribution in [1.29, 1.82) is 0 Å². The van der Waals surface area contributed by atoms with Crippen LogP contribution in [0.4, 0.5) is 5.95 Å².